The van der Waals surface area contributed by atoms with Gasteiger partial charge in [0.1, 0.15) is 5.92 Å². The minimum absolute atomic E-state index is 0.287. The SMILES string of the molecule is CCC(C(=O)O)C(=O)NCc1c[nH]c2ccccc12. The maximum Gasteiger partial charge on any atom is 0.316 e. The lowest BCUT2D eigenvalue weighted by Crippen LogP contribution is -2.34. The smallest absolute Gasteiger partial charge is 0.316 e. The number of amides is 1. The first-order chi connectivity index (χ1) is 9.13. The van der Waals surface area contributed by atoms with Gasteiger partial charge in [0.25, 0.3) is 0 Å². The molecule has 2 aromatic rings. The van der Waals surface area contributed by atoms with E-state index in [9.17, 15) is 9.59 Å². The fourth-order valence-corrected chi connectivity index (χ4v) is 2.06. The lowest BCUT2D eigenvalue weighted by atomic mass is 10.1. The second kappa shape index (κ2) is 5.56. The number of rotatable bonds is 5. The minimum atomic E-state index is -1.08. The highest BCUT2D eigenvalue weighted by Crippen LogP contribution is 2.17. The molecule has 19 heavy (non-hydrogen) atoms. The molecule has 100 valence electrons. The summed E-state index contributed by atoms with van der Waals surface area (Å²) in [5.74, 6) is -2.51. The highest BCUT2D eigenvalue weighted by molar-refractivity contribution is 5.97. The van der Waals surface area contributed by atoms with E-state index in [-0.39, 0.29) is 6.42 Å². The maximum absolute atomic E-state index is 11.7. The van der Waals surface area contributed by atoms with Gasteiger partial charge in [0, 0.05) is 23.6 Å². The number of fused-ring (bicyclic) bond motifs is 1. The lowest BCUT2D eigenvalue weighted by Gasteiger charge is -2.10. The van der Waals surface area contributed by atoms with E-state index < -0.39 is 17.8 Å². The van der Waals surface area contributed by atoms with Crippen molar-refractivity contribution in [2.75, 3.05) is 0 Å². The maximum atomic E-state index is 11.7. The van der Waals surface area contributed by atoms with Gasteiger partial charge in [-0.1, -0.05) is 25.1 Å². The zero-order valence-corrected chi connectivity index (χ0v) is 10.6. The number of carbonyl (C=O) groups is 2. The molecule has 0 aliphatic carbocycles. The van der Waals surface area contributed by atoms with Crippen LogP contribution in [0.4, 0.5) is 0 Å². The first kappa shape index (κ1) is 13.1. The third-order valence-electron chi connectivity index (χ3n) is 3.15. The molecule has 0 aliphatic heterocycles. The van der Waals surface area contributed by atoms with Crippen LogP contribution in [0.15, 0.2) is 30.5 Å². The number of aromatic nitrogens is 1. The molecule has 0 bridgehead atoms. The van der Waals surface area contributed by atoms with Crippen molar-refractivity contribution in [1.82, 2.24) is 10.3 Å². The largest absolute Gasteiger partial charge is 0.481 e. The number of nitrogens with one attached hydrogen (secondary N) is 2. The van der Waals surface area contributed by atoms with Gasteiger partial charge in [-0.2, -0.15) is 0 Å². The van der Waals surface area contributed by atoms with E-state index in [1.807, 2.05) is 30.5 Å². The van der Waals surface area contributed by atoms with Gasteiger partial charge in [-0.25, -0.2) is 0 Å². The second-order valence-corrected chi connectivity index (χ2v) is 4.38. The van der Waals surface area contributed by atoms with Crippen LogP contribution in [0.25, 0.3) is 10.9 Å². The molecule has 1 aromatic heterocycles. The second-order valence-electron chi connectivity index (χ2n) is 4.38. The topological polar surface area (TPSA) is 82.2 Å². The summed E-state index contributed by atoms with van der Waals surface area (Å²) in [7, 11) is 0. The van der Waals surface area contributed by atoms with E-state index >= 15 is 0 Å². The number of H-pyrrole nitrogens is 1. The Morgan fingerprint density at radius 1 is 1.37 bits per heavy atom. The predicted octanol–water partition coefficient (Wildman–Crippen LogP) is 1.89. The van der Waals surface area contributed by atoms with E-state index in [2.05, 4.69) is 10.3 Å². The number of para-hydroxylation sites is 1. The number of carboxylic acid groups (broad SMARTS) is 1. The molecule has 0 spiro atoms. The molecular weight excluding hydrogens is 244 g/mol. The summed E-state index contributed by atoms with van der Waals surface area (Å²) in [5, 5.41) is 12.6. The summed E-state index contributed by atoms with van der Waals surface area (Å²) < 4.78 is 0. The Morgan fingerprint density at radius 2 is 2.11 bits per heavy atom. The van der Waals surface area contributed by atoms with Gasteiger partial charge in [0.15, 0.2) is 0 Å². The van der Waals surface area contributed by atoms with Crippen molar-refractivity contribution in [1.29, 1.82) is 0 Å². The Labute approximate surface area is 110 Å². The molecule has 1 aromatic carbocycles. The van der Waals surface area contributed by atoms with Gasteiger partial charge in [-0.3, -0.25) is 9.59 Å². The van der Waals surface area contributed by atoms with Crippen molar-refractivity contribution < 1.29 is 14.7 Å². The van der Waals surface area contributed by atoms with Crippen molar-refractivity contribution in [3.05, 3.63) is 36.0 Å². The Bertz CT molecular complexity index is 604. The van der Waals surface area contributed by atoms with Gasteiger partial charge in [-0.05, 0) is 18.1 Å². The first-order valence-electron chi connectivity index (χ1n) is 6.19. The summed E-state index contributed by atoms with van der Waals surface area (Å²) in [4.78, 5) is 25.7. The Balaban J connectivity index is 2.06. The first-order valence-corrected chi connectivity index (χ1v) is 6.19. The molecule has 0 saturated carbocycles. The molecule has 1 heterocycles. The normalized spacial score (nSPS) is 12.3. The lowest BCUT2D eigenvalue weighted by molar-refractivity contribution is -0.147. The standard InChI is InChI=1S/C14H16N2O3/c1-2-10(14(18)19)13(17)16-8-9-7-15-12-6-4-3-5-11(9)12/h3-7,10,15H,2,8H2,1H3,(H,16,17)(H,18,19). The molecule has 1 amide bonds. The molecule has 0 saturated heterocycles. The Morgan fingerprint density at radius 3 is 2.79 bits per heavy atom. The van der Waals surface area contributed by atoms with Gasteiger partial charge >= 0.3 is 5.97 Å². The van der Waals surface area contributed by atoms with E-state index in [0.29, 0.717) is 6.54 Å². The summed E-state index contributed by atoms with van der Waals surface area (Å²) in [6.45, 7) is 2.01. The van der Waals surface area contributed by atoms with Crippen LogP contribution in [-0.4, -0.2) is 22.0 Å². The number of carboxylic acids is 1. The molecule has 0 aliphatic rings. The predicted molar refractivity (Wildman–Crippen MR) is 71.6 cm³/mol. The summed E-state index contributed by atoms with van der Waals surface area (Å²) >= 11 is 0. The number of carbonyl (C=O) groups excluding carboxylic acids is 1. The Kier molecular flexibility index (Phi) is 3.85. The average Bonchev–Trinajstić information content (AvgIpc) is 2.80. The fourth-order valence-electron chi connectivity index (χ4n) is 2.06. The minimum Gasteiger partial charge on any atom is -0.481 e. The molecule has 0 radical (unpaired) electrons. The van der Waals surface area contributed by atoms with Crippen LogP contribution in [0.5, 0.6) is 0 Å². The molecule has 5 nitrogen and oxygen atoms in total. The van der Waals surface area contributed by atoms with Gasteiger partial charge in [-0.15, -0.1) is 0 Å². The number of aliphatic carboxylic acids is 1. The average molecular weight is 260 g/mol. The third-order valence-corrected chi connectivity index (χ3v) is 3.15. The zero-order valence-electron chi connectivity index (χ0n) is 10.6. The molecular formula is C14H16N2O3. The number of hydrogen-bond donors (Lipinski definition) is 3. The van der Waals surface area contributed by atoms with Crippen LogP contribution in [0, 0.1) is 5.92 Å². The van der Waals surface area contributed by atoms with Crippen molar-refractivity contribution in [3.63, 3.8) is 0 Å². The number of hydrogen-bond acceptors (Lipinski definition) is 2. The van der Waals surface area contributed by atoms with Crippen LogP contribution < -0.4 is 5.32 Å². The molecule has 1 unspecified atom stereocenters. The third kappa shape index (κ3) is 2.76. The van der Waals surface area contributed by atoms with Crippen LogP contribution in [-0.2, 0) is 16.1 Å². The van der Waals surface area contributed by atoms with E-state index in [1.165, 1.54) is 0 Å². The van der Waals surface area contributed by atoms with Crippen molar-refractivity contribution in [2.45, 2.75) is 19.9 Å². The summed E-state index contributed by atoms with van der Waals surface area (Å²) in [5.41, 5.74) is 1.95. The highest BCUT2D eigenvalue weighted by atomic mass is 16.4. The molecule has 5 heteroatoms. The van der Waals surface area contributed by atoms with Crippen molar-refractivity contribution >= 4 is 22.8 Å². The van der Waals surface area contributed by atoms with Crippen LogP contribution in [0.3, 0.4) is 0 Å². The van der Waals surface area contributed by atoms with Crippen LogP contribution >= 0.6 is 0 Å². The number of benzene rings is 1. The number of aromatic amines is 1. The monoisotopic (exact) mass is 260 g/mol. The quantitative estimate of drug-likeness (QED) is 0.718. The zero-order chi connectivity index (χ0) is 13.8. The van der Waals surface area contributed by atoms with E-state index in [1.54, 1.807) is 6.92 Å². The Hall–Kier alpha value is -2.30. The van der Waals surface area contributed by atoms with Gasteiger partial charge in [0.2, 0.25) is 5.91 Å². The summed E-state index contributed by atoms with van der Waals surface area (Å²) in [6.07, 6.45) is 2.11. The molecule has 1 atom stereocenters. The van der Waals surface area contributed by atoms with Crippen molar-refractivity contribution in [2.24, 2.45) is 5.92 Å². The fraction of sp³-hybridized carbons (Fsp3) is 0.286. The van der Waals surface area contributed by atoms with Gasteiger partial charge in [0.05, 0.1) is 0 Å². The molecule has 2 rings (SSSR count). The highest BCUT2D eigenvalue weighted by Gasteiger charge is 2.23. The van der Waals surface area contributed by atoms with Crippen molar-refractivity contribution in [3.8, 4) is 0 Å². The van der Waals surface area contributed by atoms with E-state index in [0.717, 1.165) is 16.5 Å². The van der Waals surface area contributed by atoms with Crippen LogP contribution in [0.1, 0.15) is 18.9 Å². The summed E-state index contributed by atoms with van der Waals surface area (Å²) in [6, 6.07) is 7.76. The van der Waals surface area contributed by atoms with Crippen LogP contribution in [0.2, 0.25) is 0 Å². The molecule has 3 N–H and O–H groups in total. The van der Waals surface area contributed by atoms with E-state index in [4.69, 9.17) is 5.11 Å². The molecule has 0 fully saturated rings. The van der Waals surface area contributed by atoms with Gasteiger partial charge < -0.3 is 15.4 Å².